The number of hydrogen-bond donors (Lipinski definition) is 2. The Labute approximate surface area is 59.3 Å². The van der Waals surface area contributed by atoms with Gasteiger partial charge in [-0.15, -0.1) is 0 Å². The Morgan fingerprint density at radius 3 is 3.00 bits per heavy atom. The molecule has 4 heteroatoms. The van der Waals surface area contributed by atoms with E-state index in [1.54, 1.807) is 0 Å². The summed E-state index contributed by atoms with van der Waals surface area (Å²) in [5.41, 5.74) is 5.21. The molecule has 0 spiro atoms. The summed E-state index contributed by atoms with van der Waals surface area (Å²) < 4.78 is 0. The van der Waals surface area contributed by atoms with Crippen LogP contribution in [0.25, 0.3) is 0 Å². The fourth-order valence-electron chi connectivity index (χ4n) is 0.784. The van der Waals surface area contributed by atoms with Gasteiger partial charge in [0.2, 0.25) is 0 Å². The van der Waals surface area contributed by atoms with Crippen molar-refractivity contribution in [3.8, 4) is 0 Å². The second-order valence-electron chi connectivity index (χ2n) is 1.92. The number of aliphatic imine (C=N–C) groups is 1. The zero-order chi connectivity index (χ0) is 6.69. The number of nitrogens with two attached hydrogens (primary N) is 1. The van der Waals surface area contributed by atoms with Gasteiger partial charge in [-0.05, 0) is 18.6 Å². The van der Waals surface area contributed by atoms with E-state index in [2.05, 4.69) is 22.5 Å². The van der Waals surface area contributed by atoms with Gasteiger partial charge in [0, 0.05) is 13.0 Å². The molecule has 0 radical (unpaired) electrons. The highest BCUT2D eigenvalue weighted by atomic mass is 32.1. The minimum absolute atomic E-state index is 0.315. The van der Waals surface area contributed by atoms with Crippen LogP contribution in [0, 0.1) is 0 Å². The molecule has 0 aromatic rings. The van der Waals surface area contributed by atoms with Crippen LogP contribution < -0.4 is 11.1 Å². The van der Waals surface area contributed by atoms with Crippen molar-refractivity contribution in [1.82, 2.24) is 5.32 Å². The molecule has 1 rings (SSSR count). The fourth-order valence-corrected chi connectivity index (χ4v) is 0.902. The van der Waals surface area contributed by atoms with E-state index in [1.165, 1.54) is 0 Å². The fraction of sp³-hybridized carbons (Fsp3) is 0.600. The molecule has 0 aromatic carbocycles. The molecule has 50 valence electrons. The summed E-state index contributed by atoms with van der Waals surface area (Å²) in [5.74, 6) is 0.933. The number of nitrogens with one attached hydrogen (secondary N) is 1. The van der Waals surface area contributed by atoms with E-state index in [0.29, 0.717) is 5.11 Å². The van der Waals surface area contributed by atoms with Crippen LogP contribution in [0.4, 0.5) is 0 Å². The van der Waals surface area contributed by atoms with Crippen LogP contribution >= 0.6 is 12.2 Å². The third-order valence-electron chi connectivity index (χ3n) is 1.14. The Bertz CT molecular complexity index is 152. The summed E-state index contributed by atoms with van der Waals surface area (Å²) in [6, 6.07) is 0. The SMILES string of the molecule is NC(=S)NC1=NCCC1. The van der Waals surface area contributed by atoms with E-state index >= 15 is 0 Å². The average Bonchev–Trinajstić information content (AvgIpc) is 2.15. The van der Waals surface area contributed by atoms with Gasteiger partial charge in [-0.1, -0.05) is 0 Å². The molecule has 0 saturated carbocycles. The van der Waals surface area contributed by atoms with Crippen molar-refractivity contribution in [3.05, 3.63) is 0 Å². The highest BCUT2D eigenvalue weighted by Crippen LogP contribution is 1.99. The topological polar surface area (TPSA) is 50.4 Å². The second kappa shape index (κ2) is 2.77. The van der Waals surface area contributed by atoms with Crippen LogP contribution in [0.1, 0.15) is 12.8 Å². The zero-order valence-corrected chi connectivity index (χ0v) is 5.87. The van der Waals surface area contributed by atoms with E-state index in [1.807, 2.05) is 0 Å². The Balaban J connectivity index is 2.35. The summed E-state index contributed by atoms with van der Waals surface area (Å²) >= 11 is 4.62. The lowest BCUT2D eigenvalue weighted by atomic mass is 10.3. The predicted octanol–water partition coefficient (Wildman–Crippen LogP) is 0.0119. The summed E-state index contributed by atoms with van der Waals surface area (Å²) in [4.78, 5) is 4.11. The normalized spacial score (nSPS) is 17.1. The first-order valence-electron chi connectivity index (χ1n) is 2.89. The number of amidine groups is 1. The summed E-state index contributed by atoms with van der Waals surface area (Å²) in [7, 11) is 0. The first kappa shape index (κ1) is 6.48. The van der Waals surface area contributed by atoms with Crippen molar-refractivity contribution in [2.45, 2.75) is 12.8 Å². The highest BCUT2D eigenvalue weighted by Gasteiger charge is 2.04. The quantitative estimate of drug-likeness (QED) is 0.470. The zero-order valence-electron chi connectivity index (χ0n) is 5.05. The van der Waals surface area contributed by atoms with Crippen LogP contribution in [0.3, 0.4) is 0 Å². The van der Waals surface area contributed by atoms with Crippen molar-refractivity contribution >= 4 is 23.2 Å². The molecule has 1 aliphatic heterocycles. The van der Waals surface area contributed by atoms with Gasteiger partial charge < -0.3 is 11.1 Å². The Kier molecular flexibility index (Phi) is 2.00. The lowest BCUT2D eigenvalue weighted by Gasteiger charge is -1.99. The van der Waals surface area contributed by atoms with Gasteiger partial charge in [-0.3, -0.25) is 4.99 Å². The van der Waals surface area contributed by atoms with E-state index in [9.17, 15) is 0 Å². The number of thiocarbonyl (C=S) groups is 1. The molecule has 0 aromatic heterocycles. The van der Waals surface area contributed by atoms with E-state index in [-0.39, 0.29) is 0 Å². The molecule has 0 atom stereocenters. The van der Waals surface area contributed by atoms with Crippen LogP contribution in [0.2, 0.25) is 0 Å². The Morgan fingerprint density at radius 1 is 1.78 bits per heavy atom. The molecule has 0 fully saturated rings. The number of nitrogens with zero attached hydrogens (tertiary/aromatic N) is 1. The van der Waals surface area contributed by atoms with E-state index < -0.39 is 0 Å². The van der Waals surface area contributed by atoms with Crippen molar-refractivity contribution in [1.29, 1.82) is 0 Å². The second-order valence-corrected chi connectivity index (χ2v) is 2.36. The minimum atomic E-state index is 0.315. The summed E-state index contributed by atoms with van der Waals surface area (Å²) in [6.45, 7) is 0.908. The standard InChI is InChI=1S/C5H9N3S/c6-5(9)8-4-2-1-3-7-4/h1-3H2,(H3,6,7,8,9). The van der Waals surface area contributed by atoms with Crippen LogP contribution in [0.15, 0.2) is 4.99 Å². The average molecular weight is 143 g/mol. The van der Waals surface area contributed by atoms with Crippen molar-refractivity contribution in [2.75, 3.05) is 6.54 Å². The lowest BCUT2D eigenvalue weighted by molar-refractivity contribution is 0.948. The van der Waals surface area contributed by atoms with E-state index in [4.69, 9.17) is 5.73 Å². The molecule has 0 aliphatic carbocycles. The molecular formula is C5H9N3S. The van der Waals surface area contributed by atoms with Crippen molar-refractivity contribution in [3.63, 3.8) is 0 Å². The van der Waals surface area contributed by atoms with Gasteiger partial charge in [0.05, 0.1) is 0 Å². The van der Waals surface area contributed by atoms with Crippen LogP contribution in [0.5, 0.6) is 0 Å². The summed E-state index contributed by atoms with van der Waals surface area (Å²) in [5, 5.41) is 3.12. The molecule has 1 aliphatic rings. The minimum Gasteiger partial charge on any atom is -0.376 e. The van der Waals surface area contributed by atoms with Crippen molar-refractivity contribution in [2.24, 2.45) is 10.7 Å². The third-order valence-corrected chi connectivity index (χ3v) is 1.24. The first-order chi connectivity index (χ1) is 4.29. The molecular weight excluding hydrogens is 134 g/mol. The van der Waals surface area contributed by atoms with Gasteiger partial charge in [-0.2, -0.15) is 0 Å². The molecule has 0 bridgehead atoms. The van der Waals surface area contributed by atoms with Gasteiger partial charge in [0.1, 0.15) is 5.84 Å². The van der Waals surface area contributed by atoms with Gasteiger partial charge in [0.25, 0.3) is 0 Å². The lowest BCUT2D eigenvalue weighted by Crippen LogP contribution is -2.33. The smallest absolute Gasteiger partial charge is 0.169 e. The monoisotopic (exact) mass is 143 g/mol. The molecule has 0 saturated heterocycles. The third kappa shape index (κ3) is 1.97. The Hall–Kier alpha value is -0.640. The van der Waals surface area contributed by atoms with Gasteiger partial charge in [-0.25, -0.2) is 0 Å². The maximum atomic E-state index is 5.21. The Morgan fingerprint density at radius 2 is 2.56 bits per heavy atom. The van der Waals surface area contributed by atoms with Gasteiger partial charge >= 0.3 is 0 Å². The molecule has 9 heavy (non-hydrogen) atoms. The highest BCUT2D eigenvalue weighted by molar-refractivity contribution is 7.80. The van der Waals surface area contributed by atoms with Gasteiger partial charge in [0.15, 0.2) is 5.11 Å². The first-order valence-corrected chi connectivity index (χ1v) is 3.29. The predicted molar refractivity (Wildman–Crippen MR) is 41.5 cm³/mol. The molecule has 0 unspecified atom stereocenters. The largest absolute Gasteiger partial charge is 0.376 e. The van der Waals surface area contributed by atoms with Crippen LogP contribution in [-0.4, -0.2) is 17.5 Å². The van der Waals surface area contributed by atoms with E-state index in [0.717, 1.165) is 25.2 Å². The summed E-state index contributed by atoms with van der Waals surface area (Å²) in [6.07, 6.45) is 2.10. The maximum absolute atomic E-state index is 5.21. The number of rotatable bonds is 0. The maximum Gasteiger partial charge on any atom is 0.169 e. The number of hydrogen-bond acceptors (Lipinski definition) is 2. The molecule has 0 amide bonds. The van der Waals surface area contributed by atoms with Crippen molar-refractivity contribution < 1.29 is 0 Å². The molecule has 3 N–H and O–H groups in total. The van der Waals surface area contributed by atoms with Crippen LogP contribution in [-0.2, 0) is 0 Å². The molecule has 3 nitrogen and oxygen atoms in total. The molecule has 1 heterocycles.